The minimum absolute atomic E-state index is 0.442. The van der Waals surface area contributed by atoms with Crippen molar-refractivity contribution in [2.75, 3.05) is 0 Å². The summed E-state index contributed by atoms with van der Waals surface area (Å²) in [6.07, 6.45) is -4.50. The van der Waals surface area contributed by atoms with Crippen LogP contribution in [0.15, 0.2) is 66.7 Å². The Bertz CT molecular complexity index is 892. The van der Waals surface area contributed by atoms with Gasteiger partial charge in [-0.25, -0.2) is 4.98 Å². The van der Waals surface area contributed by atoms with E-state index in [1.165, 1.54) is 0 Å². The molecule has 0 aliphatic heterocycles. The van der Waals surface area contributed by atoms with Crippen LogP contribution in [0.3, 0.4) is 0 Å². The molecule has 0 aliphatic carbocycles. The highest BCUT2D eigenvalue weighted by Gasteiger charge is 2.36. The normalized spacial score (nSPS) is 12.2. The maximum absolute atomic E-state index is 13.5. The zero-order valence-electron chi connectivity index (χ0n) is 14.9. The SMILES string of the molecule is CC(C)(C)c1nc(C(F)(F)F)cc(-c2ccccc2)c1-c1ccccc1. The fraction of sp³-hybridized carbons (Fsp3) is 0.227. The number of nitrogens with zero attached hydrogens (tertiary/aromatic N) is 1. The molecule has 1 aromatic heterocycles. The van der Waals surface area contributed by atoms with Gasteiger partial charge in [0.05, 0.1) is 5.69 Å². The first-order valence-corrected chi connectivity index (χ1v) is 8.41. The first-order chi connectivity index (χ1) is 12.2. The summed E-state index contributed by atoms with van der Waals surface area (Å²) in [4.78, 5) is 4.05. The predicted molar refractivity (Wildman–Crippen MR) is 98.8 cm³/mol. The van der Waals surface area contributed by atoms with Crippen LogP contribution in [-0.4, -0.2) is 4.98 Å². The molecule has 0 saturated heterocycles. The Kier molecular flexibility index (Phi) is 4.61. The van der Waals surface area contributed by atoms with E-state index in [0.29, 0.717) is 11.3 Å². The molecule has 1 heterocycles. The van der Waals surface area contributed by atoms with Crippen LogP contribution < -0.4 is 0 Å². The van der Waals surface area contributed by atoms with Crippen molar-refractivity contribution >= 4 is 0 Å². The second kappa shape index (κ2) is 6.60. The molecule has 0 amide bonds. The number of hydrogen-bond donors (Lipinski definition) is 0. The topological polar surface area (TPSA) is 12.9 Å². The fourth-order valence-electron chi connectivity index (χ4n) is 2.98. The van der Waals surface area contributed by atoms with Crippen molar-refractivity contribution in [3.63, 3.8) is 0 Å². The third-order valence-electron chi connectivity index (χ3n) is 4.17. The molecule has 3 rings (SSSR count). The van der Waals surface area contributed by atoms with E-state index >= 15 is 0 Å². The number of benzene rings is 2. The van der Waals surface area contributed by atoms with Gasteiger partial charge in [-0.2, -0.15) is 13.2 Å². The second-order valence-electron chi connectivity index (χ2n) is 7.26. The third-order valence-corrected chi connectivity index (χ3v) is 4.17. The molecule has 4 heteroatoms. The van der Waals surface area contributed by atoms with Crippen molar-refractivity contribution < 1.29 is 13.2 Å². The standard InChI is InChI=1S/C22H20F3N/c1-21(2,3)20-19(16-12-8-5-9-13-16)17(15-10-6-4-7-11-15)14-18(26-20)22(23,24)25/h4-14H,1-3H3. The highest BCUT2D eigenvalue weighted by molar-refractivity contribution is 5.85. The Morgan fingerprint density at radius 3 is 1.69 bits per heavy atom. The fourth-order valence-corrected chi connectivity index (χ4v) is 2.98. The van der Waals surface area contributed by atoms with Crippen LogP contribution in [-0.2, 0) is 11.6 Å². The maximum Gasteiger partial charge on any atom is 0.433 e. The average Bonchev–Trinajstić information content (AvgIpc) is 2.60. The summed E-state index contributed by atoms with van der Waals surface area (Å²) < 4.78 is 40.6. The van der Waals surface area contributed by atoms with Crippen molar-refractivity contribution in [1.29, 1.82) is 0 Å². The molecule has 26 heavy (non-hydrogen) atoms. The number of halogens is 3. The van der Waals surface area contributed by atoms with Crippen LogP contribution in [0, 0.1) is 0 Å². The molecule has 0 unspecified atom stereocenters. The predicted octanol–water partition coefficient (Wildman–Crippen LogP) is 6.73. The van der Waals surface area contributed by atoms with Crippen LogP contribution in [0.1, 0.15) is 32.2 Å². The molecule has 134 valence electrons. The van der Waals surface area contributed by atoms with Gasteiger partial charge in [0.15, 0.2) is 0 Å². The highest BCUT2D eigenvalue weighted by Crippen LogP contribution is 2.42. The molecule has 2 aromatic carbocycles. The first-order valence-electron chi connectivity index (χ1n) is 8.41. The first kappa shape index (κ1) is 18.2. The van der Waals surface area contributed by atoms with Crippen molar-refractivity contribution in [1.82, 2.24) is 4.98 Å². The van der Waals surface area contributed by atoms with Crippen molar-refractivity contribution in [2.45, 2.75) is 32.4 Å². The zero-order valence-corrected chi connectivity index (χ0v) is 14.9. The van der Waals surface area contributed by atoms with E-state index in [0.717, 1.165) is 22.8 Å². The van der Waals surface area contributed by atoms with Crippen molar-refractivity contribution in [2.24, 2.45) is 0 Å². The zero-order chi connectivity index (χ0) is 18.9. The van der Waals surface area contributed by atoms with Crippen molar-refractivity contribution in [3.05, 3.63) is 78.1 Å². The summed E-state index contributed by atoms with van der Waals surface area (Å²) in [7, 11) is 0. The van der Waals surface area contributed by atoms with Crippen LogP contribution in [0.5, 0.6) is 0 Å². The van der Waals surface area contributed by atoms with Gasteiger partial charge in [-0.15, -0.1) is 0 Å². The monoisotopic (exact) mass is 355 g/mol. The van der Waals surface area contributed by atoms with Gasteiger partial charge in [-0.3, -0.25) is 0 Å². The molecule has 0 radical (unpaired) electrons. The number of alkyl halides is 3. The quantitative estimate of drug-likeness (QED) is 0.496. The molecular weight excluding hydrogens is 335 g/mol. The van der Waals surface area contributed by atoms with Gasteiger partial charge in [0.1, 0.15) is 5.69 Å². The van der Waals surface area contributed by atoms with Gasteiger partial charge < -0.3 is 0 Å². The lowest BCUT2D eigenvalue weighted by atomic mass is 9.82. The third kappa shape index (κ3) is 3.64. The van der Waals surface area contributed by atoms with Crippen LogP contribution in [0.4, 0.5) is 13.2 Å². The Labute approximate surface area is 151 Å². The van der Waals surface area contributed by atoms with E-state index in [-0.39, 0.29) is 0 Å². The lowest BCUT2D eigenvalue weighted by Gasteiger charge is -2.26. The smallest absolute Gasteiger partial charge is 0.247 e. The molecule has 3 aromatic rings. The van der Waals surface area contributed by atoms with Gasteiger partial charge >= 0.3 is 6.18 Å². The van der Waals surface area contributed by atoms with E-state index in [4.69, 9.17) is 0 Å². The van der Waals surface area contributed by atoms with Crippen LogP contribution >= 0.6 is 0 Å². The second-order valence-corrected chi connectivity index (χ2v) is 7.26. The molecule has 0 fully saturated rings. The molecule has 0 atom stereocenters. The van der Waals surface area contributed by atoms with Gasteiger partial charge in [0.2, 0.25) is 0 Å². The number of hydrogen-bond acceptors (Lipinski definition) is 1. The van der Waals surface area contributed by atoms with E-state index in [1.807, 2.05) is 81.4 Å². The Morgan fingerprint density at radius 2 is 1.23 bits per heavy atom. The van der Waals surface area contributed by atoms with E-state index in [9.17, 15) is 13.2 Å². The molecular formula is C22H20F3N. The lowest BCUT2D eigenvalue weighted by Crippen LogP contribution is -2.20. The summed E-state index contributed by atoms with van der Waals surface area (Å²) in [6.45, 7) is 5.66. The van der Waals surface area contributed by atoms with Gasteiger partial charge in [0, 0.05) is 11.0 Å². The number of aromatic nitrogens is 1. The molecule has 0 bridgehead atoms. The average molecular weight is 355 g/mol. The minimum Gasteiger partial charge on any atom is -0.247 e. The van der Waals surface area contributed by atoms with Crippen molar-refractivity contribution in [3.8, 4) is 22.3 Å². The molecule has 0 N–H and O–H groups in total. The largest absolute Gasteiger partial charge is 0.433 e. The molecule has 0 spiro atoms. The Morgan fingerprint density at radius 1 is 0.731 bits per heavy atom. The van der Waals surface area contributed by atoms with E-state index in [1.54, 1.807) is 0 Å². The number of pyridine rings is 1. The summed E-state index contributed by atoms with van der Waals surface area (Å²) in [5.41, 5.74) is 1.93. The van der Waals surface area contributed by atoms with Gasteiger partial charge in [0.25, 0.3) is 0 Å². The van der Waals surface area contributed by atoms with Crippen LogP contribution in [0.25, 0.3) is 22.3 Å². The minimum atomic E-state index is -4.50. The van der Waals surface area contributed by atoms with Crippen LogP contribution in [0.2, 0.25) is 0 Å². The summed E-state index contributed by atoms with van der Waals surface area (Å²) in [5, 5.41) is 0. The Balaban J connectivity index is 2.43. The molecule has 1 nitrogen and oxygen atoms in total. The summed E-state index contributed by atoms with van der Waals surface area (Å²) >= 11 is 0. The highest BCUT2D eigenvalue weighted by atomic mass is 19.4. The lowest BCUT2D eigenvalue weighted by molar-refractivity contribution is -0.141. The molecule has 0 saturated carbocycles. The molecule has 0 aliphatic rings. The van der Waals surface area contributed by atoms with E-state index < -0.39 is 17.3 Å². The van der Waals surface area contributed by atoms with Gasteiger partial charge in [-0.1, -0.05) is 81.4 Å². The van der Waals surface area contributed by atoms with Gasteiger partial charge in [-0.05, 0) is 22.8 Å². The maximum atomic E-state index is 13.5. The number of rotatable bonds is 2. The summed E-state index contributed by atoms with van der Waals surface area (Å²) in [6, 6.07) is 19.8. The van der Waals surface area contributed by atoms with E-state index in [2.05, 4.69) is 4.98 Å². The Hall–Kier alpha value is -2.62. The summed E-state index contributed by atoms with van der Waals surface area (Å²) in [5.74, 6) is 0.